The number of fused-ring (bicyclic) bond motifs is 1. The molecule has 5 nitrogen and oxygen atoms in total. The lowest BCUT2D eigenvalue weighted by Crippen LogP contribution is -2.39. The van der Waals surface area contributed by atoms with Gasteiger partial charge in [-0.15, -0.1) is 0 Å². The topological polar surface area (TPSA) is 66.1 Å². The van der Waals surface area contributed by atoms with Gasteiger partial charge in [0.2, 0.25) is 5.91 Å². The fraction of sp³-hybridized carbons (Fsp3) is 0.550. The number of carbonyl (C=O) groups is 1. The van der Waals surface area contributed by atoms with E-state index in [0.717, 1.165) is 19.4 Å². The maximum Gasteiger partial charge on any atom is 0.258 e. The zero-order chi connectivity index (χ0) is 17.2. The molecule has 0 radical (unpaired) electrons. The Kier molecular flexibility index (Phi) is 4.55. The number of aromatic nitrogens is 2. The molecule has 1 N–H and O–H groups in total. The number of aryl methyl sites for hydroxylation is 1. The minimum absolute atomic E-state index is 0.127. The van der Waals surface area contributed by atoms with Gasteiger partial charge in [0.1, 0.15) is 5.82 Å². The lowest BCUT2D eigenvalue weighted by Gasteiger charge is -2.29. The number of hydrogen-bond donors (Lipinski definition) is 1. The molecule has 132 valence electrons. The highest BCUT2D eigenvalue weighted by Gasteiger charge is 2.35. The highest BCUT2D eigenvalue weighted by Crippen LogP contribution is 2.35. The molecule has 1 unspecified atom stereocenters. The first-order chi connectivity index (χ1) is 12.2. The third-order valence-corrected chi connectivity index (χ3v) is 5.80. The number of para-hydroxylation sites is 1. The van der Waals surface area contributed by atoms with E-state index in [-0.39, 0.29) is 11.5 Å². The van der Waals surface area contributed by atoms with Crippen LogP contribution >= 0.6 is 0 Å². The summed E-state index contributed by atoms with van der Waals surface area (Å²) in [6, 6.07) is 7.76. The molecule has 1 aromatic heterocycles. The normalized spacial score (nSPS) is 21.3. The van der Waals surface area contributed by atoms with E-state index in [1.807, 2.05) is 18.2 Å². The van der Waals surface area contributed by atoms with Gasteiger partial charge in [-0.05, 0) is 43.7 Å². The molecule has 0 bridgehead atoms. The third-order valence-electron chi connectivity index (χ3n) is 5.80. The summed E-state index contributed by atoms with van der Waals surface area (Å²) in [5.41, 5.74) is 0.566. The van der Waals surface area contributed by atoms with Gasteiger partial charge in [0.15, 0.2) is 0 Å². The molecule has 1 atom stereocenters. The number of nitrogens with one attached hydrogen (secondary N) is 1. The number of H-pyrrole nitrogens is 1. The average Bonchev–Trinajstić information content (AvgIpc) is 3.30. The second kappa shape index (κ2) is 6.98. The van der Waals surface area contributed by atoms with Crippen molar-refractivity contribution < 1.29 is 4.79 Å². The first-order valence-corrected chi connectivity index (χ1v) is 9.50. The van der Waals surface area contributed by atoms with E-state index in [4.69, 9.17) is 0 Å². The number of aromatic amines is 1. The quantitative estimate of drug-likeness (QED) is 0.931. The van der Waals surface area contributed by atoms with Crippen LogP contribution in [0.4, 0.5) is 0 Å². The predicted molar refractivity (Wildman–Crippen MR) is 97.4 cm³/mol. The lowest BCUT2D eigenvalue weighted by atomic mass is 9.96. The zero-order valence-corrected chi connectivity index (χ0v) is 14.5. The van der Waals surface area contributed by atoms with Crippen molar-refractivity contribution in [3.05, 3.63) is 40.4 Å². The van der Waals surface area contributed by atoms with Crippen LogP contribution in [-0.2, 0) is 11.2 Å². The summed E-state index contributed by atoms with van der Waals surface area (Å²) < 4.78 is 0. The fourth-order valence-electron chi connectivity index (χ4n) is 4.56. The molecule has 1 saturated carbocycles. The summed E-state index contributed by atoms with van der Waals surface area (Å²) in [5.74, 6) is 1.52. The van der Waals surface area contributed by atoms with Gasteiger partial charge < -0.3 is 9.88 Å². The third kappa shape index (κ3) is 3.32. The first kappa shape index (κ1) is 16.3. The van der Waals surface area contributed by atoms with Crippen LogP contribution in [0, 0.1) is 5.92 Å². The second-order valence-electron chi connectivity index (χ2n) is 7.37. The number of benzene rings is 1. The smallest absolute Gasteiger partial charge is 0.258 e. The monoisotopic (exact) mass is 339 g/mol. The maximum atomic E-state index is 12.7. The Morgan fingerprint density at radius 1 is 1.16 bits per heavy atom. The van der Waals surface area contributed by atoms with Crippen LogP contribution in [0.15, 0.2) is 29.1 Å². The number of rotatable bonds is 4. The minimum Gasteiger partial charge on any atom is -0.339 e. The summed E-state index contributed by atoms with van der Waals surface area (Å²) >= 11 is 0. The van der Waals surface area contributed by atoms with E-state index in [1.165, 1.54) is 25.7 Å². The van der Waals surface area contributed by atoms with Gasteiger partial charge >= 0.3 is 0 Å². The van der Waals surface area contributed by atoms with Crippen molar-refractivity contribution in [1.82, 2.24) is 14.9 Å². The number of nitrogens with zero attached hydrogens (tertiary/aromatic N) is 2. The molecule has 1 aliphatic heterocycles. The van der Waals surface area contributed by atoms with Crippen molar-refractivity contribution >= 4 is 16.8 Å². The van der Waals surface area contributed by atoms with Crippen LogP contribution < -0.4 is 5.56 Å². The van der Waals surface area contributed by atoms with Gasteiger partial charge in [-0.3, -0.25) is 9.59 Å². The fourth-order valence-corrected chi connectivity index (χ4v) is 4.56. The molecule has 4 rings (SSSR count). The Morgan fingerprint density at radius 3 is 2.80 bits per heavy atom. The first-order valence-electron chi connectivity index (χ1n) is 9.50. The van der Waals surface area contributed by atoms with Crippen molar-refractivity contribution in [3.63, 3.8) is 0 Å². The van der Waals surface area contributed by atoms with Crippen molar-refractivity contribution in [2.75, 3.05) is 6.54 Å². The van der Waals surface area contributed by atoms with E-state index in [1.54, 1.807) is 6.07 Å². The van der Waals surface area contributed by atoms with E-state index in [2.05, 4.69) is 14.9 Å². The summed E-state index contributed by atoms with van der Waals surface area (Å²) in [4.78, 5) is 34.3. The standard InChI is InChI=1S/C20H25N3O2/c24-19(23-13-5-10-17(23)14-6-1-2-7-14)12-11-18-21-16-9-4-3-8-15(16)20(25)22-18/h3-4,8-9,14,17H,1-2,5-7,10-13H2,(H,21,22,25). The maximum absolute atomic E-state index is 12.7. The average molecular weight is 339 g/mol. The number of likely N-dealkylation sites (tertiary alicyclic amines) is 1. The van der Waals surface area contributed by atoms with Gasteiger partial charge in [-0.1, -0.05) is 25.0 Å². The van der Waals surface area contributed by atoms with Gasteiger partial charge in [-0.25, -0.2) is 4.98 Å². The number of hydrogen-bond acceptors (Lipinski definition) is 3. The SMILES string of the molecule is O=C(CCc1nc2ccccc2c(=O)[nH]1)N1CCCC1C1CCCC1. The van der Waals surface area contributed by atoms with E-state index < -0.39 is 0 Å². The summed E-state index contributed by atoms with van der Waals surface area (Å²) in [7, 11) is 0. The Bertz CT molecular complexity index is 823. The summed E-state index contributed by atoms with van der Waals surface area (Å²) in [6.07, 6.45) is 8.36. The highest BCUT2D eigenvalue weighted by atomic mass is 16.2. The van der Waals surface area contributed by atoms with E-state index in [9.17, 15) is 9.59 Å². The molecule has 1 aromatic carbocycles. The Morgan fingerprint density at radius 2 is 1.96 bits per heavy atom. The molecule has 1 saturated heterocycles. The minimum atomic E-state index is -0.127. The molecule has 1 amide bonds. The lowest BCUT2D eigenvalue weighted by molar-refractivity contribution is -0.132. The van der Waals surface area contributed by atoms with Crippen LogP contribution in [-0.4, -0.2) is 33.4 Å². The summed E-state index contributed by atoms with van der Waals surface area (Å²) in [6.45, 7) is 0.891. The molecule has 25 heavy (non-hydrogen) atoms. The Labute approximate surface area is 147 Å². The van der Waals surface area contributed by atoms with Gasteiger partial charge in [0.25, 0.3) is 5.56 Å². The van der Waals surface area contributed by atoms with Gasteiger partial charge in [0.05, 0.1) is 10.9 Å². The second-order valence-corrected chi connectivity index (χ2v) is 7.37. The van der Waals surface area contributed by atoms with Gasteiger partial charge in [-0.2, -0.15) is 0 Å². The molecular weight excluding hydrogens is 314 g/mol. The predicted octanol–water partition coefficient (Wildman–Crippen LogP) is 3.04. The molecular formula is C20H25N3O2. The van der Waals surface area contributed by atoms with Crippen molar-refractivity contribution in [2.45, 2.75) is 57.4 Å². The highest BCUT2D eigenvalue weighted by molar-refractivity contribution is 5.78. The van der Waals surface area contributed by atoms with Gasteiger partial charge in [0, 0.05) is 25.4 Å². The van der Waals surface area contributed by atoms with Crippen molar-refractivity contribution in [3.8, 4) is 0 Å². The molecule has 2 fully saturated rings. The van der Waals surface area contributed by atoms with E-state index in [0.29, 0.717) is 41.5 Å². The molecule has 2 aliphatic rings. The molecule has 5 heteroatoms. The van der Waals surface area contributed by atoms with Crippen LogP contribution in [0.2, 0.25) is 0 Å². The van der Waals surface area contributed by atoms with Crippen molar-refractivity contribution in [2.24, 2.45) is 5.92 Å². The number of carbonyl (C=O) groups excluding carboxylic acids is 1. The number of amides is 1. The van der Waals surface area contributed by atoms with Crippen LogP contribution in [0.5, 0.6) is 0 Å². The van der Waals surface area contributed by atoms with Crippen molar-refractivity contribution in [1.29, 1.82) is 0 Å². The molecule has 0 spiro atoms. The molecule has 1 aliphatic carbocycles. The van der Waals surface area contributed by atoms with Crippen LogP contribution in [0.1, 0.15) is 50.8 Å². The zero-order valence-electron chi connectivity index (χ0n) is 14.5. The molecule has 2 aromatic rings. The Hall–Kier alpha value is -2.17. The van der Waals surface area contributed by atoms with Crippen LogP contribution in [0.3, 0.4) is 0 Å². The Balaban J connectivity index is 1.44. The van der Waals surface area contributed by atoms with E-state index >= 15 is 0 Å². The largest absolute Gasteiger partial charge is 0.339 e. The summed E-state index contributed by atoms with van der Waals surface area (Å²) in [5, 5.41) is 0.596. The van der Waals surface area contributed by atoms with Crippen LogP contribution in [0.25, 0.3) is 10.9 Å². The molecule has 2 heterocycles.